The fourth-order valence-electron chi connectivity index (χ4n) is 2.70. The van der Waals surface area contributed by atoms with Crippen molar-refractivity contribution >= 4 is 5.69 Å². The lowest BCUT2D eigenvalue weighted by atomic mass is 9.84. The Labute approximate surface area is 121 Å². The largest absolute Gasteiger partial charge is 0.496 e. The van der Waals surface area contributed by atoms with Gasteiger partial charge in [-0.2, -0.15) is 0 Å². The van der Waals surface area contributed by atoms with E-state index in [0.29, 0.717) is 0 Å². The van der Waals surface area contributed by atoms with Crippen molar-refractivity contribution < 1.29 is 14.6 Å². The highest BCUT2D eigenvalue weighted by Crippen LogP contribution is 2.41. The first-order valence-electron chi connectivity index (χ1n) is 7.16. The predicted octanol–water partition coefficient (Wildman–Crippen LogP) is 2.57. The van der Waals surface area contributed by atoms with Gasteiger partial charge >= 0.3 is 0 Å². The number of methoxy groups -OCH3 is 2. The topological polar surface area (TPSA) is 41.9 Å². The maximum absolute atomic E-state index is 9.61. The number of rotatable bonds is 5. The van der Waals surface area contributed by atoms with Crippen molar-refractivity contribution in [3.8, 4) is 11.5 Å². The van der Waals surface area contributed by atoms with Gasteiger partial charge in [0.25, 0.3) is 0 Å². The highest BCUT2D eigenvalue weighted by molar-refractivity contribution is 5.65. The Kier molecular flexibility index (Phi) is 4.43. The second-order valence-electron chi connectivity index (χ2n) is 5.96. The molecule has 0 atom stereocenters. The summed E-state index contributed by atoms with van der Waals surface area (Å²) in [6.45, 7) is 6.18. The third kappa shape index (κ3) is 2.70. The van der Waals surface area contributed by atoms with Crippen LogP contribution in [0.5, 0.6) is 11.5 Å². The molecule has 1 aliphatic rings. The molecule has 1 aromatic carbocycles. The monoisotopic (exact) mass is 279 g/mol. The SMILES string of the molecule is COc1cc(C(C)(C)CO)c(OC)cc1N1CCCC1. The zero-order chi connectivity index (χ0) is 14.8. The molecule has 2 rings (SSSR count). The van der Waals surface area contributed by atoms with Gasteiger partial charge in [0.2, 0.25) is 0 Å². The summed E-state index contributed by atoms with van der Waals surface area (Å²) in [7, 11) is 3.36. The van der Waals surface area contributed by atoms with Gasteiger partial charge in [0, 0.05) is 30.1 Å². The molecule has 112 valence electrons. The van der Waals surface area contributed by atoms with E-state index in [-0.39, 0.29) is 12.0 Å². The summed E-state index contributed by atoms with van der Waals surface area (Å²) >= 11 is 0. The number of benzene rings is 1. The van der Waals surface area contributed by atoms with E-state index < -0.39 is 0 Å². The Hall–Kier alpha value is -1.42. The molecule has 0 saturated carbocycles. The van der Waals surface area contributed by atoms with Gasteiger partial charge < -0.3 is 19.5 Å². The van der Waals surface area contributed by atoms with Crippen LogP contribution in [0.4, 0.5) is 5.69 Å². The minimum Gasteiger partial charge on any atom is -0.496 e. The molecular formula is C16H25NO3. The van der Waals surface area contributed by atoms with E-state index in [0.717, 1.165) is 35.8 Å². The molecule has 4 heteroatoms. The lowest BCUT2D eigenvalue weighted by molar-refractivity contribution is 0.214. The quantitative estimate of drug-likeness (QED) is 0.899. The number of nitrogens with zero attached hydrogens (tertiary/aromatic N) is 1. The van der Waals surface area contributed by atoms with Crippen LogP contribution in [0.15, 0.2) is 12.1 Å². The van der Waals surface area contributed by atoms with Crippen LogP contribution in [-0.4, -0.2) is 39.0 Å². The molecule has 1 aliphatic heterocycles. The molecule has 4 nitrogen and oxygen atoms in total. The van der Waals surface area contributed by atoms with Gasteiger partial charge in [0.05, 0.1) is 26.5 Å². The molecular weight excluding hydrogens is 254 g/mol. The van der Waals surface area contributed by atoms with Crippen molar-refractivity contribution in [1.29, 1.82) is 0 Å². The first-order valence-corrected chi connectivity index (χ1v) is 7.16. The number of anilines is 1. The maximum atomic E-state index is 9.61. The Morgan fingerprint density at radius 2 is 1.70 bits per heavy atom. The van der Waals surface area contributed by atoms with E-state index in [1.807, 2.05) is 26.0 Å². The van der Waals surface area contributed by atoms with Crippen LogP contribution >= 0.6 is 0 Å². The van der Waals surface area contributed by atoms with Gasteiger partial charge in [-0.1, -0.05) is 13.8 Å². The minimum absolute atomic E-state index is 0.0651. The van der Waals surface area contributed by atoms with Gasteiger partial charge in [-0.15, -0.1) is 0 Å². The molecule has 1 heterocycles. The normalized spacial score (nSPS) is 15.6. The van der Waals surface area contributed by atoms with Gasteiger partial charge in [0.15, 0.2) is 0 Å². The van der Waals surface area contributed by atoms with Gasteiger partial charge in [-0.25, -0.2) is 0 Å². The summed E-state index contributed by atoms with van der Waals surface area (Å²) in [5.41, 5.74) is 1.70. The van der Waals surface area contributed by atoms with Crippen molar-refractivity contribution in [1.82, 2.24) is 0 Å². The van der Waals surface area contributed by atoms with E-state index in [1.54, 1.807) is 14.2 Å². The highest BCUT2D eigenvalue weighted by Gasteiger charge is 2.27. The first kappa shape index (κ1) is 15.0. The third-order valence-electron chi connectivity index (χ3n) is 4.07. The fourth-order valence-corrected chi connectivity index (χ4v) is 2.70. The Bertz CT molecular complexity index is 465. The average molecular weight is 279 g/mol. The van der Waals surface area contributed by atoms with Crippen LogP contribution < -0.4 is 14.4 Å². The van der Waals surface area contributed by atoms with Crippen molar-refractivity contribution in [3.63, 3.8) is 0 Å². The predicted molar refractivity (Wildman–Crippen MR) is 81.1 cm³/mol. The molecule has 20 heavy (non-hydrogen) atoms. The Balaban J connectivity index is 2.50. The molecule has 1 aromatic rings. The molecule has 1 fully saturated rings. The van der Waals surface area contributed by atoms with Crippen molar-refractivity contribution in [3.05, 3.63) is 17.7 Å². The molecule has 0 aromatic heterocycles. The number of aliphatic hydroxyl groups is 1. The van der Waals surface area contributed by atoms with Crippen LogP contribution in [0.1, 0.15) is 32.3 Å². The van der Waals surface area contributed by atoms with Crippen LogP contribution in [0.3, 0.4) is 0 Å². The molecule has 0 unspecified atom stereocenters. The van der Waals surface area contributed by atoms with E-state index in [1.165, 1.54) is 12.8 Å². The smallest absolute Gasteiger partial charge is 0.142 e. The number of hydrogen-bond acceptors (Lipinski definition) is 4. The van der Waals surface area contributed by atoms with Gasteiger partial charge in [-0.05, 0) is 18.9 Å². The number of hydrogen-bond donors (Lipinski definition) is 1. The zero-order valence-electron chi connectivity index (χ0n) is 12.9. The average Bonchev–Trinajstić information content (AvgIpc) is 2.99. The molecule has 0 amide bonds. The number of ether oxygens (including phenoxy) is 2. The van der Waals surface area contributed by atoms with E-state index in [9.17, 15) is 5.11 Å². The van der Waals surface area contributed by atoms with E-state index >= 15 is 0 Å². The van der Waals surface area contributed by atoms with Crippen molar-refractivity contribution in [2.24, 2.45) is 0 Å². The maximum Gasteiger partial charge on any atom is 0.142 e. The summed E-state index contributed by atoms with van der Waals surface area (Å²) < 4.78 is 11.1. The molecule has 0 aliphatic carbocycles. The van der Waals surface area contributed by atoms with Crippen LogP contribution in [0, 0.1) is 0 Å². The van der Waals surface area contributed by atoms with E-state index in [4.69, 9.17) is 9.47 Å². The van der Waals surface area contributed by atoms with Crippen LogP contribution in [-0.2, 0) is 5.41 Å². The van der Waals surface area contributed by atoms with Crippen molar-refractivity contribution in [2.45, 2.75) is 32.1 Å². The lowest BCUT2D eigenvalue weighted by Crippen LogP contribution is -2.24. The molecule has 1 saturated heterocycles. The molecule has 0 bridgehead atoms. The fraction of sp³-hybridized carbons (Fsp3) is 0.625. The molecule has 0 spiro atoms. The van der Waals surface area contributed by atoms with E-state index in [2.05, 4.69) is 4.90 Å². The Morgan fingerprint density at radius 1 is 1.10 bits per heavy atom. The highest BCUT2D eigenvalue weighted by atomic mass is 16.5. The summed E-state index contributed by atoms with van der Waals surface area (Å²) in [5, 5.41) is 9.61. The summed E-state index contributed by atoms with van der Waals surface area (Å²) in [6, 6.07) is 4.04. The standard InChI is InChI=1S/C16H25NO3/c1-16(2,11-18)12-9-15(20-4)13(10-14(12)19-3)17-7-5-6-8-17/h9-10,18H,5-8,11H2,1-4H3. The van der Waals surface area contributed by atoms with Gasteiger partial charge in [-0.3, -0.25) is 0 Å². The summed E-state index contributed by atoms with van der Waals surface area (Å²) in [5.74, 6) is 1.66. The Morgan fingerprint density at radius 3 is 2.20 bits per heavy atom. The first-order chi connectivity index (χ1) is 9.53. The van der Waals surface area contributed by atoms with Crippen LogP contribution in [0.2, 0.25) is 0 Å². The zero-order valence-corrected chi connectivity index (χ0v) is 12.9. The van der Waals surface area contributed by atoms with Crippen LogP contribution in [0.25, 0.3) is 0 Å². The molecule has 1 N–H and O–H groups in total. The molecule has 0 radical (unpaired) electrons. The third-order valence-corrected chi connectivity index (χ3v) is 4.07. The summed E-state index contributed by atoms with van der Waals surface area (Å²) in [6.07, 6.45) is 2.44. The second-order valence-corrected chi connectivity index (χ2v) is 5.96. The second kappa shape index (κ2) is 5.92. The lowest BCUT2D eigenvalue weighted by Gasteiger charge is -2.28. The minimum atomic E-state index is -0.359. The van der Waals surface area contributed by atoms with Crippen molar-refractivity contribution in [2.75, 3.05) is 38.8 Å². The van der Waals surface area contributed by atoms with Gasteiger partial charge in [0.1, 0.15) is 11.5 Å². The number of aliphatic hydroxyl groups excluding tert-OH is 1. The summed E-state index contributed by atoms with van der Waals surface area (Å²) in [4.78, 5) is 2.33.